The van der Waals surface area contributed by atoms with E-state index in [1.807, 2.05) is 30.9 Å². The van der Waals surface area contributed by atoms with Crippen LogP contribution in [0.1, 0.15) is 37.8 Å². The predicted molar refractivity (Wildman–Crippen MR) is 72.4 cm³/mol. The molecule has 1 atom stereocenters. The fourth-order valence-corrected chi connectivity index (χ4v) is 2.22. The summed E-state index contributed by atoms with van der Waals surface area (Å²) in [6, 6.07) is 4.37. The Morgan fingerprint density at radius 3 is 2.72 bits per heavy atom. The fraction of sp³-hybridized carbons (Fsp3) is 0.500. The number of nitrogens with one attached hydrogen (secondary N) is 1. The molecule has 1 N–H and O–H groups in total. The molecule has 0 aromatic carbocycles. The van der Waals surface area contributed by atoms with E-state index < -0.39 is 0 Å². The van der Waals surface area contributed by atoms with Gasteiger partial charge in [-0.3, -0.25) is 4.68 Å². The first-order valence-electron chi connectivity index (χ1n) is 6.49. The molecule has 0 radical (unpaired) electrons. The van der Waals surface area contributed by atoms with E-state index in [1.165, 1.54) is 0 Å². The van der Waals surface area contributed by atoms with Gasteiger partial charge in [0.2, 0.25) is 0 Å². The first-order valence-corrected chi connectivity index (χ1v) is 6.49. The summed E-state index contributed by atoms with van der Waals surface area (Å²) in [5.74, 6) is 1.89. The van der Waals surface area contributed by atoms with E-state index in [1.54, 1.807) is 0 Å². The van der Waals surface area contributed by atoms with Gasteiger partial charge in [-0.25, -0.2) is 0 Å². The van der Waals surface area contributed by atoms with Gasteiger partial charge in [-0.15, -0.1) is 0 Å². The fourth-order valence-electron chi connectivity index (χ4n) is 2.22. The van der Waals surface area contributed by atoms with Gasteiger partial charge in [-0.05, 0) is 32.0 Å². The van der Waals surface area contributed by atoms with Gasteiger partial charge in [0.25, 0.3) is 0 Å². The number of nitrogens with zero attached hydrogens (tertiary/aromatic N) is 2. The van der Waals surface area contributed by atoms with Crippen molar-refractivity contribution in [1.29, 1.82) is 0 Å². The van der Waals surface area contributed by atoms with Gasteiger partial charge < -0.3 is 9.73 Å². The molecule has 2 heterocycles. The maximum atomic E-state index is 5.95. The number of furan rings is 1. The van der Waals surface area contributed by atoms with Crippen LogP contribution in [-0.4, -0.2) is 16.3 Å². The molecule has 4 nitrogen and oxygen atoms in total. The summed E-state index contributed by atoms with van der Waals surface area (Å²) in [6.45, 7) is 7.21. The van der Waals surface area contributed by atoms with Crippen LogP contribution in [0.25, 0.3) is 11.3 Å². The third-order valence-corrected chi connectivity index (χ3v) is 3.11. The molecular weight excluding hydrogens is 226 g/mol. The van der Waals surface area contributed by atoms with E-state index in [9.17, 15) is 0 Å². The molecule has 0 saturated heterocycles. The number of aryl methyl sites for hydroxylation is 2. The minimum atomic E-state index is 0.292. The molecule has 2 aromatic heterocycles. The minimum Gasteiger partial charge on any atom is -0.459 e. The van der Waals surface area contributed by atoms with E-state index in [0.717, 1.165) is 35.7 Å². The zero-order chi connectivity index (χ0) is 13.1. The van der Waals surface area contributed by atoms with Crippen LogP contribution in [0.2, 0.25) is 0 Å². The zero-order valence-electron chi connectivity index (χ0n) is 11.5. The van der Waals surface area contributed by atoms with Crippen molar-refractivity contribution < 1.29 is 4.42 Å². The van der Waals surface area contributed by atoms with Gasteiger partial charge in [0.15, 0.2) is 0 Å². The van der Waals surface area contributed by atoms with Crippen LogP contribution in [0.4, 0.5) is 0 Å². The van der Waals surface area contributed by atoms with Crippen molar-refractivity contribution in [3.05, 3.63) is 29.8 Å². The standard InChI is InChI=1S/C14H21N3O/c1-5-12(15-6-2)14-8-7-13(18-14)11-9-17(4)16-10(11)3/h7-9,12,15H,5-6H2,1-4H3. The lowest BCUT2D eigenvalue weighted by atomic mass is 10.1. The van der Waals surface area contributed by atoms with Crippen LogP contribution in [-0.2, 0) is 7.05 Å². The number of hydrogen-bond acceptors (Lipinski definition) is 3. The monoisotopic (exact) mass is 247 g/mol. The summed E-state index contributed by atoms with van der Waals surface area (Å²) in [4.78, 5) is 0. The lowest BCUT2D eigenvalue weighted by Gasteiger charge is -2.12. The average Bonchev–Trinajstić information content (AvgIpc) is 2.92. The summed E-state index contributed by atoms with van der Waals surface area (Å²) < 4.78 is 7.77. The quantitative estimate of drug-likeness (QED) is 0.883. The largest absolute Gasteiger partial charge is 0.459 e. The molecule has 0 aliphatic rings. The molecule has 1 unspecified atom stereocenters. The average molecular weight is 247 g/mol. The van der Waals surface area contributed by atoms with Crippen LogP contribution >= 0.6 is 0 Å². The van der Waals surface area contributed by atoms with Crippen LogP contribution in [0.3, 0.4) is 0 Å². The highest BCUT2D eigenvalue weighted by atomic mass is 16.3. The van der Waals surface area contributed by atoms with Crippen molar-refractivity contribution in [3.8, 4) is 11.3 Å². The van der Waals surface area contributed by atoms with Crippen molar-refractivity contribution in [3.63, 3.8) is 0 Å². The smallest absolute Gasteiger partial charge is 0.137 e. The Kier molecular flexibility index (Phi) is 3.87. The van der Waals surface area contributed by atoms with E-state index in [2.05, 4.69) is 30.3 Å². The molecule has 2 rings (SSSR count). The SMILES string of the molecule is CCNC(CC)c1ccc(-c2cn(C)nc2C)o1. The number of aromatic nitrogens is 2. The van der Waals surface area contributed by atoms with Crippen molar-refractivity contribution in [2.45, 2.75) is 33.2 Å². The van der Waals surface area contributed by atoms with Gasteiger partial charge in [0.1, 0.15) is 11.5 Å². The maximum Gasteiger partial charge on any atom is 0.137 e. The molecule has 2 aromatic rings. The van der Waals surface area contributed by atoms with E-state index in [-0.39, 0.29) is 0 Å². The third-order valence-electron chi connectivity index (χ3n) is 3.11. The van der Waals surface area contributed by atoms with E-state index in [0.29, 0.717) is 6.04 Å². The predicted octanol–water partition coefficient (Wildman–Crippen LogP) is 3.05. The summed E-state index contributed by atoms with van der Waals surface area (Å²) in [6.07, 6.45) is 3.01. The summed E-state index contributed by atoms with van der Waals surface area (Å²) in [5, 5.41) is 7.76. The van der Waals surface area contributed by atoms with Gasteiger partial charge in [0.05, 0.1) is 17.3 Å². The molecule has 0 amide bonds. The Morgan fingerprint density at radius 2 is 2.17 bits per heavy atom. The first kappa shape index (κ1) is 12.9. The van der Waals surface area contributed by atoms with Gasteiger partial charge >= 0.3 is 0 Å². The highest BCUT2D eigenvalue weighted by molar-refractivity contribution is 5.59. The molecule has 0 bridgehead atoms. The Morgan fingerprint density at radius 1 is 1.39 bits per heavy atom. The molecule has 0 aliphatic heterocycles. The van der Waals surface area contributed by atoms with Crippen molar-refractivity contribution in [1.82, 2.24) is 15.1 Å². The van der Waals surface area contributed by atoms with Gasteiger partial charge in [0, 0.05) is 13.2 Å². The second-order valence-corrected chi connectivity index (χ2v) is 4.52. The molecule has 0 aliphatic carbocycles. The Hall–Kier alpha value is -1.55. The highest BCUT2D eigenvalue weighted by Gasteiger charge is 2.15. The van der Waals surface area contributed by atoms with Crippen LogP contribution < -0.4 is 5.32 Å². The Bertz CT molecular complexity index is 513. The molecule has 0 saturated carbocycles. The van der Waals surface area contributed by atoms with E-state index in [4.69, 9.17) is 4.42 Å². The number of hydrogen-bond donors (Lipinski definition) is 1. The lowest BCUT2D eigenvalue weighted by Crippen LogP contribution is -2.19. The Labute approximate surface area is 108 Å². The van der Waals surface area contributed by atoms with E-state index >= 15 is 0 Å². The summed E-state index contributed by atoms with van der Waals surface area (Å²) in [5.41, 5.74) is 2.06. The normalized spacial score (nSPS) is 12.9. The molecule has 98 valence electrons. The molecule has 4 heteroatoms. The summed E-state index contributed by atoms with van der Waals surface area (Å²) in [7, 11) is 1.92. The Balaban J connectivity index is 2.27. The molecule has 18 heavy (non-hydrogen) atoms. The van der Waals surface area contributed by atoms with Gasteiger partial charge in [-0.2, -0.15) is 5.10 Å². The second kappa shape index (κ2) is 5.40. The first-order chi connectivity index (χ1) is 8.65. The van der Waals surface area contributed by atoms with Crippen LogP contribution in [0.15, 0.2) is 22.7 Å². The van der Waals surface area contributed by atoms with Crippen molar-refractivity contribution >= 4 is 0 Å². The second-order valence-electron chi connectivity index (χ2n) is 4.52. The van der Waals surface area contributed by atoms with Crippen LogP contribution in [0, 0.1) is 6.92 Å². The lowest BCUT2D eigenvalue weighted by molar-refractivity contribution is 0.417. The zero-order valence-corrected chi connectivity index (χ0v) is 11.5. The van der Waals surface area contributed by atoms with Crippen LogP contribution in [0.5, 0.6) is 0 Å². The topological polar surface area (TPSA) is 43.0 Å². The van der Waals surface area contributed by atoms with Crippen molar-refractivity contribution in [2.75, 3.05) is 6.54 Å². The molecule has 0 fully saturated rings. The maximum absolute atomic E-state index is 5.95. The third kappa shape index (κ3) is 2.48. The van der Waals surface area contributed by atoms with Gasteiger partial charge in [-0.1, -0.05) is 13.8 Å². The van der Waals surface area contributed by atoms with Crippen molar-refractivity contribution in [2.24, 2.45) is 7.05 Å². The minimum absolute atomic E-state index is 0.292. The molecular formula is C14H21N3O. The summed E-state index contributed by atoms with van der Waals surface area (Å²) >= 11 is 0. The number of rotatable bonds is 5. The molecule has 0 spiro atoms. The highest BCUT2D eigenvalue weighted by Crippen LogP contribution is 2.28.